The number of rotatable bonds is 11. The van der Waals surface area contributed by atoms with Gasteiger partial charge in [0.25, 0.3) is 0 Å². The molecule has 1 N–H and O–H groups in total. The molecule has 1 aromatic rings. The van der Waals surface area contributed by atoms with Crippen LogP contribution in [0, 0.1) is 24.7 Å². The fourth-order valence-corrected chi connectivity index (χ4v) is 2.87. The van der Waals surface area contributed by atoms with Gasteiger partial charge >= 0.3 is 0 Å². The van der Waals surface area contributed by atoms with Gasteiger partial charge in [-0.15, -0.1) is 5.92 Å². The highest BCUT2D eigenvalue weighted by Crippen LogP contribution is 2.23. The number of ether oxygens (including phenoxy) is 1. The van der Waals surface area contributed by atoms with Gasteiger partial charge in [-0.1, -0.05) is 40.0 Å². The molecule has 28 heavy (non-hydrogen) atoms. The molecule has 1 atom stereocenters. The Kier molecular flexibility index (Phi) is 11.0. The van der Waals surface area contributed by atoms with Gasteiger partial charge in [-0.25, -0.2) is 0 Å². The number of allylic oxidation sites excluding steroid dienone is 1. The predicted octanol–water partition coefficient (Wildman–Crippen LogP) is 5.52. The van der Waals surface area contributed by atoms with Gasteiger partial charge in [-0.3, -0.25) is 9.78 Å². The van der Waals surface area contributed by atoms with Crippen LogP contribution in [0.1, 0.15) is 88.0 Å². The molecular formula is C24H36N2O2. The van der Waals surface area contributed by atoms with Crippen LogP contribution in [0.3, 0.4) is 0 Å². The number of hydrogen-bond donors (Lipinski definition) is 1. The molecule has 1 aromatic heterocycles. The first-order valence-electron chi connectivity index (χ1n) is 10.5. The number of carbonyl (C=O) groups excluding carboxylic acids is 1. The van der Waals surface area contributed by atoms with Crippen LogP contribution in [0.15, 0.2) is 18.0 Å². The second-order valence-corrected chi connectivity index (χ2v) is 7.10. The number of ketones is 1. The maximum atomic E-state index is 12.2. The van der Waals surface area contributed by atoms with E-state index in [9.17, 15) is 4.79 Å². The SMILES string of the molecule is CCC#CC/C(=C(\NC)OCCCC(C)CC)c1cc(C(=O)CC)cc(C)n1. The molecule has 1 heterocycles. The summed E-state index contributed by atoms with van der Waals surface area (Å²) in [4.78, 5) is 16.9. The summed E-state index contributed by atoms with van der Waals surface area (Å²) in [5, 5.41) is 3.18. The summed E-state index contributed by atoms with van der Waals surface area (Å²) in [5.74, 6) is 7.84. The lowest BCUT2D eigenvalue weighted by atomic mass is 10.0. The molecule has 1 rings (SSSR count). The fraction of sp³-hybridized carbons (Fsp3) is 0.583. The standard InChI is InChI=1S/C24H36N2O2/c1-7-10-11-14-21(24(25-6)28-15-12-13-18(4)8-2)22-17-20(23(27)9-3)16-19(5)26-22/h16-18,25H,7-9,12-15H2,1-6H3/b24-21-. The van der Waals surface area contributed by atoms with E-state index in [2.05, 4.69) is 36.0 Å². The molecule has 0 saturated carbocycles. The Hall–Kier alpha value is -2.28. The van der Waals surface area contributed by atoms with Crippen molar-refractivity contribution in [1.82, 2.24) is 10.3 Å². The summed E-state index contributed by atoms with van der Waals surface area (Å²) in [7, 11) is 1.85. The van der Waals surface area contributed by atoms with Gasteiger partial charge < -0.3 is 10.1 Å². The van der Waals surface area contributed by atoms with Crippen molar-refractivity contribution in [2.24, 2.45) is 5.92 Å². The van der Waals surface area contributed by atoms with E-state index in [1.54, 1.807) is 0 Å². The molecule has 0 aliphatic carbocycles. The molecule has 0 amide bonds. The Morgan fingerprint density at radius 2 is 2.00 bits per heavy atom. The highest BCUT2D eigenvalue weighted by Gasteiger charge is 2.15. The zero-order valence-corrected chi connectivity index (χ0v) is 18.4. The van der Waals surface area contributed by atoms with Gasteiger partial charge in [0.1, 0.15) is 0 Å². The topological polar surface area (TPSA) is 51.2 Å². The molecule has 4 heteroatoms. The highest BCUT2D eigenvalue weighted by molar-refractivity contribution is 5.96. The third-order valence-corrected chi connectivity index (χ3v) is 4.76. The number of aryl methyl sites for hydroxylation is 1. The zero-order chi connectivity index (χ0) is 20.9. The second kappa shape index (κ2) is 13.0. The monoisotopic (exact) mass is 384 g/mol. The first kappa shape index (κ1) is 23.8. The first-order chi connectivity index (χ1) is 13.5. The summed E-state index contributed by atoms with van der Waals surface area (Å²) >= 11 is 0. The molecule has 154 valence electrons. The zero-order valence-electron chi connectivity index (χ0n) is 18.4. The molecule has 0 aromatic carbocycles. The van der Waals surface area contributed by atoms with Crippen molar-refractivity contribution in [2.75, 3.05) is 13.7 Å². The fourth-order valence-electron chi connectivity index (χ4n) is 2.87. The van der Waals surface area contributed by atoms with Crippen molar-refractivity contribution in [3.8, 4) is 11.8 Å². The van der Waals surface area contributed by atoms with Crippen molar-refractivity contribution in [1.29, 1.82) is 0 Å². The van der Waals surface area contributed by atoms with E-state index in [0.717, 1.165) is 36.2 Å². The van der Waals surface area contributed by atoms with E-state index in [1.807, 2.05) is 40.0 Å². The number of nitrogens with zero attached hydrogens (tertiary/aromatic N) is 1. The van der Waals surface area contributed by atoms with Crippen molar-refractivity contribution >= 4 is 11.4 Å². The van der Waals surface area contributed by atoms with Crippen molar-refractivity contribution in [2.45, 2.75) is 73.1 Å². The predicted molar refractivity (Wildman–Crippen MR) is 117 cm³/mol. The van der Waals surface area contributed by atoms with Gasteiger partial charge in [0, 0.05) is 43.1 Å². The molecule has 0 bridgehead atoms. The molecule has 4 nitrogen and oxygen atoms in total. The maximum absolute atomic E-state index is 12.2. The molecule has 0 aliphatic rings. The Morgan fingerprint density at radius 1 is 1.25 bits per heavy atom. The normalized spacial score (nSPS) is 12.5. The van der Waals surface area contributed by atoms with Gasteiger partial charge in [-0.05, 0) is 37.8 Å². The Labute approximate surface area is 171 Å². The van der Waals surface area contributed by atoms with E-state index in [-0.39, 0.29) is 5.78 Å². The van der Waals surface area contributed by atoms with Crippen LogP contribution >= 0.6 is 0 Å². The lowest BCUT2D eigenvalue weighted by molar-refractivity contribution is 0.0988. The second-order valence-electron chi connectivity index (χ2n) is 7.10. The molecule has 0 radical (unpaired) electrons. The molecule has 0 aliphatic heterocycles. The largest absolute Gasteiger partial charge is 0.479 e. The summed E-state index contributed by atoms with van der Waals surface area (Å²) in [6.07, 6.45) is 5.16. The van der Waals surface area contributed by atoms with Crippen LogP contribution in [-0.4, -0.2) is 24.4 Å². The maximum Gasteiger partial charge on any atom is 0.192 e. The third-order valence-electron chi connectivity index (χ3n) is 4.76. The summed E-state index contributed by atoms with van der Waals surface area (Å²) in [5.41, 5.74) is 3.18. The van der Waals surface area contributed by atoms with E-state index < -0.39 is 0 Å². The van der Waals surface area contributed by atoms with Gasteiger partial charge in [0.2, 0.25) is 0 Å². The van der Waals surface area contributed by atoms with Crippen LogP contribution in [0.4, 0.5) is 0 Å². The summed E-state index contributed by atoms with van der Waals surface area (Å²) < 4.78 is 6.08. The van der Waals surface area contributed by atoms with Gasteiger partial charge in [0.05, 0.1) is 12.3 Å². The van der Waals surface area contributed by atoms with E-state index in [1.165, 1.54) is 6.42 Å². The molecule has 0 fully saturated rings. The van der Waals surface area contributed by atoms with Crippen molar-refractivity contribution < 1.29 is 9.53 Å². The lowest BCUT2D eigenvalue weighted by Gasteiger charge is -2.16. The summed E-state index contributed by atoms with van der Waals surface area (Å²) in [6.45, 7) is 11.0. The first-order valence-corrected chi connectivity index (χ1v) is 10.5. The van der Waals surface area contributed by atoms with E-state index in [0.29, 0.717) is 36.8 Å². The van der Waals surface area contributed by atoms with E-state index in [4.69, 9.17) is 4.74 Å². The van der Waals surface area contributed by atoms with Gasteiger partial charge in [-0.2, -0.15) is 0 Å². The average molecular weight is 385 g/mol. The van der Waals surface area contributed by atoms with Crippen LogP contribution in [0.5, 0.6) is 0 Å². The molecule has 1 unspecified atom stereocenters. The number of nitrogens with one attached hydrogen (secondary N) is 1. The van der Waals surface area contributed by atoms with Crippen LogP contribution < -0.4 is 5.32 Å². The minimum atomic E-state index is 0.117. The third kappa shape index (κ3) is 7.76. The Bertz CT molecular complexity index is 726. The van der Waals surface area contributed by atoms with Crippen LogP contribution in [0.2, 0.25) is 0 Å². The van der Waals surface area contributed by atoms with Crippen LogP contribution in [0.25, 0.3) is 5.57 Å². The quantitative estimate of drug-likeness (QED) is 0.236. The number of pyridine rings is 1. The Balaban J connectivity index is 3.19. The Morgan fingerprint density at radius 3 is 2.61 bits per heavy atom. The minimum Gasteiger partial charge on any atom is -0.479 e. The summed E-state index contributed by atoms with van der Waals surface area (Å²) in [6, 6.07) is 3.71. The molecule has 0 saturated heterocycles. The molecular weight excluding hydrogens is 348 g/mol. The number of aromatic nitrogens is 1. The average Bonchev–Trinajstić information content (AvgIpc) is 2.70. The van der Waals surface area contributed by atoms with Crippen LogP contribution in [-0.2, 0) is 4.74 Å². The minimum absolute atomic E-state index is 0.117. The van der Waals surface area contributed by atoms with Crippen molar-refractivity contribution in [3.63, 3.8) is 0 Å². The molecule has 0 spiro atoms. The van der Waals surface area contributed by atoms with Gasteiger partial charge in [0.15, 0.2) is 11.7 Å². The number of carbonyl (C=O) groups is 1. The highest BCUT2D eigenvalue weighted by atomic mass is 16.5. The van der Waals surface area contributed by atoms with E-state index >= 15 is 0 Å². The number of hydrogen-bond acceptors (Lipinski definition) is 4. The lowest BCUT2D eigenvalue weighted by Crippen LogP contribution is -2.15. The smallest absolute Gasteiger partial charge is 0.192 e. The van der Waals surface area contributed by atoms with Crippen molar-refractivity contribution in [3.05, 3.63) is 35.0 Å². The number of Topliss-reactive ketones (excluding diaryl/α,β-unsaturated/α-hetero) is 1.